The molecule has 4 nitrogen and oxygen atoms in total. The standard InChI is InChI=1S/C6H8ClIN2O2S/c1-4(2)10-6(13(7,11)12)3-5(8)9-10/h3-4H,1-2H3. The Morgan fingerprint density at radius 2 is 2.15 bits per heavy atom. The van der Waals surface area contributed by atoms with Gasteiger partial charge in [0.25, 0.3) is 9.05 Å². The lowest BCUT2D eigenvalue weighted by molar-refractivity contribution is 0.480. The van der Waals surface area contributed by atoms with E-state index in [4.69, 9.17) is 10.7 Å². The number of halogens is 2. The molecule has 1 rings (SSSR count). The van der Waals surface area contributed by atoms with Gasteiger partial charge in [0.05, 0.1) is 0 Å². The van der Waals surface area contributed by atoms with Gasteiger partial charge in [0, 0.05) is 22.8 Å². The van der Waals surface area contributed by atoms with E-state index in [1.807, 2.05) is 36.4 Å². The summed E-state index contributed by atoms with van der Waals surface area (Å²) in [6, 6.07) is 1.43. The summed E-state index contributed by atoms with van der Waals surface area (Å²) >= 11 is 1.94. The van der Waals surface area contributed by atoms with Crippen molar-refractivity contribution >= 4 is 42.3 Å². The van der Waals surface area contributed by atoms with E-state index < -0.39 is 9.05 Å². The minimum absolute atomic E-state index is 0.0213. The lowest BCUT2D eigenvalue weighted by atomic mass is 10.4. The normalized spacial score (nSPS) is 12.4. The predicted octanol–water partition coefficient (Wildman–Crippen LogP) is 2.00. The van der Waals surface area contributed by atoms with Crippen LogP contribution in [0.2, 0.25) is 0 Å². The van der Waals surface area contributed by atoms with Crippen LogP contribution < -0.4 is 0 Å². The first-order valence-corrected chi connectivity index (χ1v) is 6.91. The summed E-state index contributed by atoms with van der Waals surface area (Å²) in [4.78, 5) is 0. The Balaban J connectivity index is 3.37. The molecule has 0 spiro atoms. The summed E-state index contributed by atoms with van der Waals surface area (Å²) in [6.45, 7) is 3.68. The maximum atomic E-state index is 11.1. The van der Waals surface area contributed by atoms with Crippen LogP contribution in [0, 0.1) is 3.70 Å². The van der Waals surface area contributed by atoms with E-state index >= 15 is 0 Å². The van der Waals surface area contributed by atoms with Crippen LogP contribution in [0.5, 0.6) is 0 Å². The molecule has 0 aliphatic rings. The third kappa shape index (κ3) is 2.57. The summed E-state index contributed by atoms with van der Waals surface area (Å²) in [5.74, 6) is 0. The van der Waals surface area contributed by atoms with Crippen molar-refractivity contribution < 1.29 is 8.42 Å². The van der Waals surface area contributed by atoms with Crippen LogP contribution in [0.25, 0.3) is 0 Å². The number of hydrogen-bond donors (Lipinski definition) is 0. The first kappa shape index (κ1) is 11.3. The molecule has 0 N–H and O–H groups in total. The first-order chi connectivity index (χ1) is 5.82. The zero-order chi connectivity index (χ0) is 10.2. The van der Waals surface area contributed by atoms with E-state index in [2.05, 4.69) is 5.10 Å². The Kier molecular flexibility index (Phi) is 3.24. The SMILES string of the molecule is CC(C)n1nc(I)cc1S(=O)(=O)Cl. The molecule has 0 bridgehead atoms. The number of nitrogens with zero attached hydrogens (tertiary/aromatic N) is 2. The highest BCUT2D eigenvalue weighted by Crippen LogP contribution is 2.20. The molecule has 0 atom stereocenters. The molecule has 0 saturated heterocycles. The van der Waals surface area contributed by atoms with Crippen molar-refractivity contribution in [3.8, 4) is 0 Å². The van der Waals surface area contributed by atoms with Crippen molar-refractivity contribution in [2.24, 2.45) is 0 Å². The number of rotatable bonds is 2. The van der Waals surface area contributed by atoms with Gasteiger partial charge in [0.2, 0.25) is 0 Å². The van der Waals surface area contributed by atoms with Crippen molar-refractivity contribution in [1.82, 2.24) is 9.78 Å². The average molecular weight is 335 g/mol. The van der Waals surface area contributed by atoms with Gasteiger partial charge in [-0.3, -0.25) is 0 Å². The second-order valence-electron chi connectivity index (χ2n) is 2.78. The monoisotopic (exact) mass is 334 g/mol. The fraction of sp³-hybridized carbons (Fsp3) is 0.500. The minimum atomic E-state index is -3.69. The zero-order valence-corrected chi connectivity index (χ0v) is 10.8. The topological polar surface area (TPSA) is 52.0 Å². The molecule has 74 valence electrons. The summed E-state index contributed by atoms with van der Waals surface area (Å²) in [7, 11) is 1.54. The Morgan fingerprint density at radius 3 is 2.46 bits per heavy atom. The van der Waals surface area contributed by atoms with Gasteiger partial charge in [0.1, 0.15) is 3.70 Å². The Labute approximate surface area is 94.8 Å². The average Bonchev–Trinajstić information content (AvgIpc) is 2.29. The van der Waals surface area contributed by atoms with Crippen LogP contribution in [0.3, 0.4) is 0 Å². The third-order valence-corrected chi connectivity index (χ3v) is 3.22. The molecule has 0 amide bonds. The van der Waals surface area contributed by atoms with Crippen molar-refractivity contribution in [3.05, 3.63) is 9.77 Å². The molecule has 1 aromatic rings. The van der Waals surface area contributed by atoms with Crippen LogP contribution >= 0.6 is 33.3 Å². The largest absolute Gasteiger partial charge is 0.278 e. The Bertz CT molecular complexity index is 412. The molecule has 0 aliphatic heterocycles. The number of aromatic nitrogens is 2. The van der Waals surface area contributed by atoms with E-state index in [9.17, 15) is 8.42 Å². The van der Waals surface area contributed by atoms with Gasteiger partial charge in [-0.1, -0.05) is 0 Å². The first-order valence-electron chi connectivity index (χ1n) is 3.52. The summed E-state index contributed by atoms with van der Waals surface area (Å²) in [5.41, 5.74) is 0. The summed E-state index contributed by atoms with van der Waals surface area (Å²) < 4.78 is 24.2. The molecule has 7 heteroatoms. The lowest BCUT2D eigenvalue weighted by Gasteiger charge is -2.07. The van der Waals surface area contributed by atoms with Crippen molar-refractivity contribution in [2.75, 3.05) is 0 Å². The third-order valence-electron chi connectivity index (χ3n) is 1.41. The quantitative estimate of drug-likeness (QED) is 0.614. The highest BCUT2D eigenvalue weighted by atomic mass is 127. The maximum absolute atomic E-state index is 11.1. The van der Waals surface area contributed by atoms with Crippen LogP contribution in [-0.4, -0.2) is 18.2 Å². The van der Waals surface area contributed by atoms with E-state index in [1.54, 1.807) is 0 Å². The molecule has 0 fully saturated rings. The predicted molar refractivity (Wildman–Crippen MR) is 58.4 cm³/mol. The fourth-order valence-electron chi connectivity index (χ4n) is 0.901. The van der Waals surface area contributed by atoms with E-state index in [0.717, 1.165) is 0 Å². The Morgan fingerprint density at radius 1 is 1.62 bits per heavy atom. The van der Waals surface area contributed by atoms with Crippen LogP contribution in [0.15, 0.2) is 11.1 Å². The van der Waals surface area contributed by atoms with Crippen molar-refractivity contribution in [2.45, 2.75) is 24.9 Å². The van der Waals surface area contributed by atoms with Gasteiger partial charge in [-0.05, 0) is 36.4 Å². The maximum Gasteiger partial charge on any atom is 0.278 e. The summed E-state index contributed by atoms with van der Waals surface area (Å²) in [6.07, 6.45) is 0. The van der Waals surface area contributed by atoms with Crippen LogP contribution in [0.4, 0.5) is 0 Å². The van der Waals surface area contributed by atoms with Crippen molar-refractivity contribution in [3.63, 3.8) is 0 Å². The zero-order valence-electron chi connectivity index (χ0n) is 7.03. The second kappa shape index (κ2) is 3.74. The molecule has 13 heavy (non-hydrogen) atoms. The molecule has 1 aromatic heterocycles. The highest BCUT2D eigenvalue weighted by Gasteiger charge is 2.19. The molecule has 1 heterocycles. The van der Waals surface area contributed by atoms with Gasteiger partial charge < -0.3 is 0 Å². The van der Waals surface area contributed by atoms with Gasteiger partial charge in [-0.25, -0.2) is 13.1 Å². The fourth-order valence-corrected chi connectivity index (χ4v) is 2.71. The molecule has 0 unspecified atom stereocenters. The van der Waals surface area contributed by atoms with Gasteiger partial charge in [0.15, 0.2) is 5.03 Å². The molecule has 0 saturated carbocycles. The van der Waals surface area contributed by atoms with Crippen molar-refractivity contribution in [1.29, 1.82) is 0 Å². The van der Waals surface area contributed by atoms with Crippen LogP contribution in [0.1, 0.15) is 19.9 Å². The molecular formula is C6H8ClIN2O2S. The smallest absolute Gasteiger partial charge is 0.249 e. The Hall–Kier alpha value is 0.180. The number of hydrogen-bond acceptors (Lipinski definition) is 3. The van der Waals surface area contributed by atoms with Gasteiger partial charge in [-0.15, -0.1) is 0 Å². The lowest BCUT2D eigenvalue weighted by Crippen LogP contribution is -2.09. The van der Waals surface area contributed by atoms with E-state index in [0.29, 0.717) is 3.70 Å². The molecule has 0 aromatic carbocycles. The minimum Gasteiger partial charge on any atom is -0.249 e. The second-order valence-corrected chi connectivity index (χ2v) is 6.40. The van der Waals surface area contributed by atoms with Gasteiger partial charge in [-0.2, -0.15) is 5.10 Å². The molecular weight excluding hydrogens is 327 g/mol. The molecule has 0 radical (unpaired) electrons. The van der Waals surface area contributed by atoms with E-state index in [1.165, 1.54) is 10.7 Å². The van der Waals surface area contributed by atoms with Gasteiger partial charge >= 0.3 is 0 Å². The van der Waals surface area contributed by atoms with E-state index in [-0.39, 0.29) is 11.1 Å². The van der Waals surface area contributed by atoms with Crippen LogP contribution in [-0.2, 0) is 9.05 Å². The summed E-state index contributed by atoms with van der Waals surface area (Å²) in [5, 5.41) is 4.07. The molecule has 0 aliphatic carbocycles. The highest BCUT2D eigenvalue weighted by molar-refractivity contribution is 14.1.